The van der Waals surface area contributed by atoms with Crippen molar-refractivity contribution < 1.29 is 8.42 Å². The molecule has 1 unspecified atom stereocenters. The van der Waals surface area contributed by atoms with Gasteiger partial charge >= 0.3 is 0 Å². The molecular formula is C14H26N2O2S2. The van der Waals surface area contributed by atoms with Gasteiger partial charge in [0.15, 0.2) is 0 Å². The van der Waals surface area contributed by atoms with Crippen LogP contribution in [0.5, 0.6) is 0 Å². The highest BCUT2D eigenvalue weighted by atomic mass is 32.2. The maximum Gasteiger partial charge on any atom is 0.252 e. The summed E-state index contributed by atoms with van der Waals surface area (Å²) in [7, 11) is -1.48. The van der Waals surface area contributed by atoms with Crippen molar-refractivity contribution in [1.82, 2.24) is 9.62 Å². The van der Waals surface area contributed by atoms with Crippen LogP contribution >= 0.6 is 11.3 Å². The third-order valence-corrected chi connectivity index (χ3v) is 7.12. The number of hydrogen-bond donors (Lipinski definition) is 1. The normalized spacial score (nSPS) is 13.9. The Kier molecular flexibility index (Phi) is 6.64. The van der Waals surface area contributed by atoms with Crippen molar-refractivity contribution in [3.05, 3.63) is 16.5 Å². The van der Waals surface area contributed by atoms with E-state index < -0.39 is 10.0 Å². The number of hydrogen-bond acceptors (Lipinski definition) is 4. The quantitative estimate of drug-likeness (QED) is 0.802. The first-order chi connectivity index (χ1) is 9.36. The maximum absolute atomic E-state index is 12.7. The average Bonchev–Trinajstić information content (AvgIpc) is 2.78. The van der Waals surface area contributed by atoms with E-state index in [1.807, 2.05) is 20.9 Å². The number of rotatable bonds is 8. The van der Waals surface area contributed by atoms with E-state index in [0.29, 0.717) is 29.8 Å². The summed E-state index contributed by atoms with van der Waals surface area (Å²) in [6, 6.07) is 1.80. The van der Waals surface area contributed by atoms with Gasteiger partial charge in [-0.3, -0.25) is 0 Å². The largest absolute Gasteiger partial charge is 0.315 e. The fraction of sp³-hybridized carbons (Fsp3) is 0.714. The Morgan fingerprint density at radius 1 is 1.40 bits per heavy atom. The highest BCUT2D eigenvalue weighted by Gasteiger charge is 2.26. The van der Waals surface area contributed by atoms with Crippen LogP contribution in [0.3, 0.4) is 0 Å². The van der Waals surface area contributed by atoms with E-state index >= 15 is 0 Å². The molecule has 0 spiro atoms. The van der Waals surface area contributed by atoms with Crippen LogP contribution in [-0.4, -0.2) is 32.9 Å². The molecule has 0 fully saturated rings. The predicted molar refractivity (Wildman–Crippen MR) is 85.7 cm³/mol. The smallest absolute Gasteiger partial charge is 0.252 e. The standard InChI is InChI=1S/C14H26N2O2S2/c1-6-11(3)10-16(7-2)20(17,18)14-8-12(4)13(19-14)9-15-5/h8,11,15H,6-7,9-10H2,1-5H3. The third kappa shape index (κ3) is 4.04. The Hall–Kier alpha value is -0.430. The Bertz CT molecular complexity index is 523. The average molecular weight is 319 g/mol. The Labute approximate surface area is 127 Å². The summed E-state index contributed by atoms with van der Waals surface area (Å²) in [4.78, 5) is 1.09. The second-order valence-corrected chi connectivity index (χ2v) is 8.47. The molecule has 1 atom stereocenters. The van der Waals surface area contributed by atoms with Gasteiger partial charge in [0.2, 0.25) is 0 Å². The summed E-state index contributed by atoms with van der Waals surface area (Å²) in [6.45, 7) is 9.86. The predicted octanol–water partition coefficient (Wildman–Crippen LogP) is 2.83. The molecule has 0 aliphatic rings. The minimum absolute atomic E-state index is 0.377. The topological polar surface area (TPSA) is 49.4 Å². The lowest BCUT2D eigenvalue weighted by Gasteiger charge is -2.22. The Morgan fingerprint density at radius 3 is 2.55 bits per heavy atom. The number of sulfonamides is 1. The third-order valence-electron chi connectivity index (χ3n) is 3.49. The van der Waals surface area contributed by atoms with Crippen LogP contribution in [0.25, 0.3) is 0 Å². The van der Waals surface area contributed by atoms with E-state index in [1.165, 1.54) is 11.3 Å². The molecule has 0 aliphatic heterocycles. The molecule has 0 amide bonds. The van der Waals surface area contributed by atoms with Crippen molar-refractivity contribution in [2.45, 2.75) is 44.9 Å². The van der Waals surface area contributed by atoms with Crippen molar-refractivity contribution in [2.75, 3.05) is 20.1 Å². The van der Waals surface area contributed by atoms with E-state index in [9.17, 15) is 8.42 Å². The number of nitrogens with one attached hydrogen (secondary N) is 1. The number of aryl methyl sites for hydroxylation is 1. The van der Waals surface area contributed by atoms with Gasteiger partial charge in [0.1, 0.15) is 4.21 Å². The summed E-state index contributed by atoms with van der Waals surface area (Å²) in [5, 5.41) is 3.08. The molecule has 1 rings (SSSR count). The molecule has 0 bridgehead atoms. The van der Waals surface area contributed by atoms with Crippen LogP contribution in [0.4, 0.5) is 0 Å². The summed E-state index contributed by atoms with van der Waals surface area (Å²) in [5.41, 5.74) is 1.04. The maximum atomic E-state index is 12.7. The van der Waals surface area contributed by atoms with Gasteiger partial charge in [-0.2, -0.15) is 4.31 Å². The molecular weight excluding hydrogens is 292 g/mol. The van der Waals surface area contributed by atoms with Crippen LogP contribution in [0.1, 0.15) is 37.6 Å². The molecule has 6 heteroatoms. The molecule has 1 heterocycles. The molecule has 4 nitrogen and oxygen atoms in total. The molecule has 0 aliphatic carbocycles. The Morgan fingerprint density at radius 2 is 2.05 bits per heavy atom. The monoisotopic (exact) mass is 318 g/mol. The van der Waals surface area contributed by atoms with Gasteiger partial charge in [0.25, 0.3) is 10.0 Å². The van der Waals surface area contributed by atoms with Gasteiger partial charge in [0, 0.05) is 24.5 Å². The SMILES string of the molecule is CCC(C)CN(CC)S(=O)(=O)c1cc(C)c(CNC)s1. The molecule has 20 heavy (non-hydrogen) atoms. The lowest BCUT2D eigenvalue weighted by molar-refractivity contribution is 0.362. The van der Waals surface area contributed by atoms with Crippen molar-refractivity contribution in [1.29, 1.82) is 0 Å². The molecule has 1 N–H and O–H groups in total. The van der Waals surface area contributed by atoms with Crippen LogP contribution < -0.4 is 5.32 Å². The van der Waals surface area contributed by atoms with Gasteiger partial charge in [-0.25, -0.2) is 8.42 Å². The lowest BCUT2D eigenvalue weighted by atomic mass is 10.1. The molecule has 0 radical (unpaired) electrons. The molecule has 0 saturated heterocycles. The summed E-state index contributed by atoms with van der Waals surface area (Å²) < 4.78 is 27.5. The summed E-state index contributed by atoms with van der Waals surface area (Å²) in [5.74, 6) is 0.377. The van der Waals surface area contributed by atoms with Crippen molar-refractivity contribution in [2.24, 2.45) is 5.92 Å². The number of nitrogens with zero attached hydrogens (tertiary/aromatic N) is 1. The zero-order valence-electron chi connectivity index (χ0n) is 13.1. The van der Waals surface area contributed by atoms with E-state index in [-0.39, 0.29) is 0 Å². The van der Waals surface area contributed by atoms with E-state index in [1.54, 1.807) is 10.4 Å². The zero-order valence-corrected chi connectivity index (χ0v) is 14.7. The molecule has 1 aromatic heterocycles. The second kappa shape index (κ2) is 7.54. The van der Waals surface area contributed by atoms with Gasteiger partial charge in [-0.05, 0) is 31.5 Å². The van der Waals surface area contributed by atoms with E-state index in [2.05, 4.69) is 19.2 Å². The summed E-state index contributed by atoms with van der Waals surface area (Å²) >= 11 is 1.38. The van der Waals surface area contributed by atoms with Crippen molar-refractivity contribution >= 4 is 21.4 Å². The fourth-order valence-electron chi connectivity index (χ4n) is 1.95. The van der Waals surface area contributed by atoms with Crippen molar-refractivity contribution in [3.8, 4) is 0 Å². The number of thiophene rings is 1. The minimum atomic E-state index is -3.35. The van der Waals surface area contributed by atoms with Crippen molar-refractivity contribution in [3.63, 3.8) is 0 Å². The highest BCUT2D eigenvalue weighted by molar-refractivity contribution is 7.91. The minimum Gasteiger partial charge on any atom is -0.315 e. The highest BCUT2D eigenvalue weighted by Crippen LogP contribution is 2.29. The zero-order chi connectivity index (χ0) is 15.3. The first-order valence-electron chi connectivity index (χ1n) is 7.10. The molecule has 1 aromatic rings. The van der Waals surface area contributed by atoms with Crippen LogP contribution in [0.2, 0.25) is 0 Å². The molecule has 116 valence electrons. The molecule has 0 aromatic carbocycles. The lowest BCUT2D eigenvalue weighted by Crippen LogP contribution is -2.34. The first kappa shape index (κ1) is 17.6. The molecule has 0 saturated carbocycles. The van der Waals surface area contributed by atoms with E-state index in [0.717, 1.165) is 16.9 Å². The summed E-state index contributed by atoms with van der Waals surface area (Å²) in [6.07, 6.45) is 0.987. The van der Waals surface area contributed by atoms with Gasteiger partial charge in [-0.1, -0.05) is 27.2 Å². The van der Waals surface area contributed by atoms with Crippen LogP contribution in [0.15, 0.2) is 10.3 Å². The van der Waals surface area contributed by atoms with E-state index in [4.69, 9.17) is 0 Å². The van der Waals surface area contributed by atoms with Crippen LogP contribution in [0, 0.1) is 12.8 Å². The van der Waals surface area contributed by atoms with Gasteiger partial charge in [0.05, 0.1) is 0 Å². The van der Waals surface area contributed by atoms with Gasteiger partial charge < -0.3 is 5.32 Å². The van der Waals surface area contributed by atoms with Crippen LogP contribution in [-0.2, 0) is 16.6 Å². The second-order valence-electron chi connectivity index (χ2n) is 5.17. The first-order valence-corrected chi connectivity index (χ1v) is 9.36. The van der Waals surface area contributed by atoms with Gasteiger partial charge in [-0.15, -0.1) is 11.3 Å². The Balaban J connectivity index is 3.04. The fourth-order valence-corrected chi connectivity index (χ4v) is 5.28.